The van der Waals surface area contributed by atoms with Crippen molar-refractivity contribution in [2.45, 2.75) is 38.9 Å². The lowest BCUT2D eigenvalue weighted by Gasteiger charge is -2.26. The van der Waals surface area contributed by atoms with Gasteiger partial charge in [0, 0.05) is 12.8 Å². The predicted molar refractivity (Wildman–Crippen MR) is 53.2 cm³/mol. The van der Waals surface area contributed by atoms with E-state index in [-0.39, 0.29) is 5.79 Å². The minimum absolute atomic E-state index is 0.376. The Kier molecular flexibility index (Phi) is 4.03. The fraction of sp³-hybridized carbons (Fsp3) is 0.636. The van der Waals surface area contributed by atoms with E-state index in [0.29, 0.717) is 0 Å². The average molecular weight is 182 g/mol. The van der Waals surface area contributed by atoms with Gasteiger partial charge in [-0.25, -0.2) is 0 Å². The van der Waals surface area contributed by atoms with Crippen LogP contribution >= 0.6 is 0 Å². The van der Waals surface area contributed by atoms with Gasteiger partial charge in [-0.15, -0.1) is 0 Å². The van der Waals surface area contributed by atoms with Crippen molar-refractivity contribution in [1.29, 1.82) is 0 Å². The van der Waals surface area contributed by atoms with Crippen molar-refractivity contribution in [3.63, 3.8) is 0 Å². The maximum absolute atomic E-state index is 5.62. The average Bonchev–Trinajstić information content (AvgIpc) is 2.61. The van der Waals surface area contributed by atoms with Gasteiger partial charge >= 0.3 is 0 Å². The molecule has 1 unspecified atom stereocenters. The second-order valence-electron chi connectivity index (χ2n) is 3.22. The maximum atomic E-state index is 5.62. The highest BCUT2D eigenvalue weighted by atomic mass is 16.7. The first kappa shape index (κ1) is 10.3. The van der Waals surface area contributed by atoms with E-state index in [1.165, 1.54) is 0 Å². The van der Waals surface area contributed by atoms with Gasteiger partial charge in [0.2, 0.25) is 5.79 Å². The van der Waals surface area contributed by atoms with Crippen LogP contribution in [0.1, 0.15) is 33.1 Å². The van der Waals surface area contributed by atoms with Crippen LogP contribution in [0.2, 0.25) is 0 Å². The number of hydrogen-bond donors (Lipinski definition) is 0. The Morgan fingerprint density at radius 3 is 2.77 bits per heavy atom. The number of hydrogen-bond acceptors (Lipinski definition) is 2. The van der Waals surface area contributed by atoms with Gasteiger partial charge in [0.15, 0.2) is 0 Å². The van der Waals surface area contributed by atoms with Gasteiger partial charge in [-0.05, 0) is 20.3 Å². The Labute approximate surface area is 80.2 Å². The summed E-state index contributed by atoms with van der Waals surface area (Å²) in [6.45, 7) is 4.77. The summed E-state index contributed by atoms with van der Waals surface area (Å²) in [4.78, 5) is 0. The molecule has 0 saturated carbocycles. The van der Waals surface area contributed by atoms with Crippen molar-refractivity contribution in [1.82, 2.24) is 0 Å². The van der Waals surface area contributed by atoms with Gasteiger partial charge < -0.3 is 9.47 Å². The lowest BCUT2D eigenvalue weighted by Crippen LogP contribution is -2.28. The van der Waals surface area contributed by atoms with Gasteiger partial charge in [0.25, 0.3) is 0 Å². The van der Waals surface area contributed by atoms with Crippen LogP contribution in [0.5, 0.6) is 0 Å². The first-order valence-electron chi connectivity index (χ1n) is 4.87. The summed E-state index contributed by atoms with van der Waals surface area (Å²) in [7, 11) is 0. The molecule has 1 fully saturated rings. The molecular weight excluding hydrogens is 164 g/mol. The summed E-state index contributed by atoms with van der Waals surface area (Å²) in [6, 6.07) is 0. The Morgan fingerprint density at radius 2 is 2.23 bits per heavy atom. The highest BCUT2D eigenvalue weighted by Gasteiger charge is 2.34. The molecule has 1 heterocycles. The monoisotopic (exact) mass is 182 g/mol. The molecule has 13 heavy (non-hydrogen) atoms. The Morgan fingerprint density at radius 1 is 1.38 bits per heavy atom. The van der Waals surface area contributed by atoms with Crippen LogP contribution in [-0.2, 0) is 9.47 Å². The Bertz CT molecular complexity index is 172. The molecule has 1 saturated heterocycles. The third kappa shape index (κ3) is 2.88. The normalized spacial score (nSPS) is 29.1. The minimum atomic E-state index is -0.376. The van der Waals surface area contributed by atoms with E-state index in [4.69, 9.17) is 9.47 Å². The Hall–Kier alpha value is -0.760. The second-order valence-corrected chi connectivity index (χ2v) is 3.22. The van der Waals surface area contributed by atoms with Gasteiger partial charge in [-0.1, -0.05) is 18.2 Å². The largest absolute Gasteiger partial charge is 0.470 e. The zero-order valence-corrected chi connectivity index (χ0v) is 8.45. The zero-order valence-electron chi connectivity index (χ0n) is 8.45. The number of rotatable bonds is 4. The molecule has 2 nitrogen and oxygen atoms in total. The van der Waals surface area contributed by atoms with Crippen LogP contribution in [0.25, 0.3) is 0 Å². The smallest absolute Gasteiger partial charge is 0.213 e. The van der Waals surface area contributed by atoms with Crippen LogP contribution in [0, 0.1) is 0 Å². The van der Waals surface area contributed by atoms with E-state index >= 15 is 0 Å². The highest BCUT2D eigenvalue weighted by Crippen LogP contribution is 2.31. The molecule has 1 rings (SSSR count). The summed E-state index contributed by atoms with van der Waals surface area (Å²) in [5.41, 5.74) is 0. The molecule has 0 N–H and O–H groups in total. The van der Waals surface area contributed by atoms with Crippen LogP contribution < -0.4 is 0 Å². The van der Waals surface area contributed by atoms with Crippen molar-refractivity contribution in [3.8, 4) is 0 Å². The molecule has 0 aliphatic carbocycles. The first-order chi connectivity index (χ1) is 6.33. The molecule has 0 aromatic carbocycles. The molecule has 0 aromatic rings. The molecule has 1 aliphatic rings. The molecule has 2 heteroatoms. The van der Waals surface area contributed by atoms with E-state index in [1.54, 1.807) is 6.26 Å². The van der Waals surface area contributed by atoms with Gasteiger partial charge in [0.05, 0.1) is 12.9 Å². The number of allylic oxidation sites excluding steroid dienone is 2. The quantitative estimate of drug-likeness (QED) is 0.491. The SMILES string of the molecule is C/C=C\OC1(C/C=C/C)CCCO1. The van der Waals surface area contributed by atoms with Crippen molar-refractivity contribution in [2.24, 2.45) is 0 Å². The third-order valence-corrected chi connectivity index (χ3v) is 2.15. The van der Waals surface area contributed by atoms with E-state index < -0.39 is 0 Å². The second kappa shape index (κ2) is 5.07. The van der Waals surface area contributed by atoms with E-state index in [1.807, 2.05) is 26.0 Å². The van der Waals surface area contributed by atoms with Gasteiger partial charge in [-0.2, -0.15) is 0 Å². The summed E-state index contributed by atoms with van der Waals surface area (Å²) < 4.78 is 11.2. The van der Waals surface area contributed by atoms with Crippen LogP contribution in [0.3, 0.4) is 0 Å². The van der Waals surface area contributed by atoms with Crippen molar-refractivity contribution in [2.75, 3.05) is 6.61 Å². The molecule has 0 spiro atoms. The molecule has 0 radical (unpaired) electrons. The minimum Gasteiger partial charge on any atom is -0.470 e. The molecule has 0 amide bonds. The van der Waals surface area contributed by atoms with Gasteiger partial charge in [0.1, 0.15) is 0 Å². The van der Waals surface area contributed by atoms with Crippen molar-refractivity contribution < 1.29 is 9.47 Å². The van der Waals surface area contributed by atoms with Crippen LogP contribution in [-0.4, -0.2) is 12.4 Å². The van der Waals surface area contributed by atoms with E-state index in [2.05, 4.69) is 6.08 Å². The summed E-state index contributed by atoms with van der Waals surface area (Å²) in [5.74, 6) is -0.376. The molecule has 74 valence electrons. The number of ether oxygens (including phenoxy) is 2. The third-order valence-electron chi connectivity index (χ3n) is 2.15. The first-order valence-corrected chi connectivity index (χ1v) is 4.87. The van der Waals surface area contributed by atoms with E-state index in [0.717, 1.165) is 25.9 Å². The fourth-order valence-electron chi connectivity index (χ4n) is 1.46. The molecular formula is C11H18O2. The van der Waals surface area contributed by atoms with Crippen LogP contribution in [0.4, 0.5) is 0 Å². The summed E-state index contributed by atoms with van der Waals surface area (Å²) >= 11 is 0. The standard InChI is InChI=1S/C11H18O2/c1-3-5-7-11(12-9-4-2)8-6-10-13-11/h3-5,9H,6-8,10H2,1-2H3/b5-3+,9-4-. The summed E-state index contributed by atoms with van der Waals surface area (Å²) in [5, 5.41) is 0. The predicted octanol–water partition coefficient (Wildman–Crippen LogP) is 3.01. The molecule has 1 aliphatic heterocycles. The highest BCUT2D eigenvalue weighted by molar-refractivity contribution is 4.89. The van der Waals surface area contributed by atoms with Crippen molar-refractivity contribution >= 4 is 0 Å². The molecule has 0 aromatic heterocycles. The van der Waals surface area contributed by atoms with Gasteiger partial charge in [-0.3, -0.25) is 0 Å². The van der Waals surface area contributed by atoms with Crippen molar-refractivity contribution in [3.05, 3.63) is 24.5 Å². The maximum Gasteiger partial charge on any atom is 0.213 e. The van der Waals surface area contributed by atoms with Crippen LogP contribution in [0.15, 0.2) is 24.5 Å². The lowest BCUT2D eigenvalue weighted by molar-refractivity contribution is -0.173. The lowest BCUT2D eigenvalue weighted by atomic mass is 10.1. The Balaban J connectivity index is 2.52. The molecule has 0 bridgehead atoms. The fourth-order valence-corrected chi connectivity index (χ4v) is 1.46. The zero-order chi connectivity index (χ0) is 9.57. The topological polar surface area (TPSA) is 18.5 Å². The molecule has 1 atom stereocenters. The van der Waals surface area contributed by atoms with E-state index in [9.17, 15) is 0 Å². The summed E-state index contributed by atoms with van der Waals surface area (Å²) in [6.07, 6.45) is 10.6.